The van der Waals surface area contributed by atoms with Gasteiger partial charge in [-0.2, -0.15) is 0 Å². The normalized spacial score (nSPS) is 35.7. The Bertz CT molecular complexity index is 347. The van der Waals surface area contributed by atoms with E-state index in [9.17, 15) is 0 Å². The molecule has 118 valence electrons. The monoisotopic (exact) mass is 346 g/mol. The quantitative estimate of drug-likeness (QED) is 0.671. The second-order valence-electron chi connectivity index (χ2n) is 9.35. The fourth-order valence-electron chi connectivity index (χ4n) is 4.93. The summed E-state index contributed by atoms with van der Waals surface area (Å²) in [5.74, 6) is 0. The molecule has 0 aromatic rings. The Kier molecular flexibility index (Phi) is 4.42. The van der Waals surface area contributed by atoms with Crippen molar-refractivity contribution in [3.8, 4) is 0 Å². The van der Waals surface area contributed by atoms with Crippen molar-refractivity contribution < 1.29 is 9.47 Å². The van der Waals surface area contributed by atoms with E-state index in [4.69, 9.17) is 9.47 Å². The summed E-state index contributed by atoms with van der Waals surface area (Å²) in [6, 6.07) is 0. The van der Waals surface area contributed by atoms with Crippen LogP contribution in [-0.2, 0) is 9.47 Å². The minimum absolute atomic E-state index is 0.422. The predicted octanol–water partition coefficient (Wildman–Crippen LogP) is 3.85. The van der Waals surface area contributed by atoms with Gasteiger partial charge in [0.05, 0.1) is 25.9 Å². The summed E-state index contributed by atoms with van der Waals surface area (Å²) in [6.45, 7) is 24.0. The zero-order valence-corrected chi connectivity index (χ0v) is 18.8. The molecule has 2 heterocycles. The molecule has 0 aromatic carbocycles. The molecule has 6 heteroatoms. The molecular formula is C14H34O2Si4. The van der Waals surface area contributed by atoms with Crippen LogP contribution in [0.1, 0.15) is 0 Å². The van der Waals surface area contributed by atoms with Crippen molar-refractivity contribution in [3.05, 3.63) is 0 Å². The first kappa shape index (κ1) is 17.1. The van der Waals surface area contributed by atoms with E-state index >= 15 is 0 Å². The number of rotatable bonds is 1. The Morgan fingerprint density at radius 3 is 1.65 bits per heavy atom. The van der Waals surface area contributed by atoms with Gasteiger partial charge in [0.15, 0.2) is 0 Å². The van der Waals surface area contributed by atoms with Crippen LogP contribution in [0.3, 0.4) is 0 Å². The Balaban J connectivity index is 2.46. The van der Waals surface area contributed by atoms with Gasteiger partial charge in [0.1, 0.15) is 0 Å². The van der Waals surface area contributed by atoms with E-state index in [-0.39, 0.29) is 0 Å². The highest BCUT2D eigenvalue weighted by Gasteiger charge is 2.65. The second kappa shape index (κ2) is 5.16. The fourth-order valence-corrected chi connectivity index (χ4v) is 67.3. The Morgan fingerprint density at radius 2 is 1.25 bits per heavy atom. The lowest BCUT2D eigenvalue weighted by molar-refractivity contribution is -0.0844. The van der Waals surface area contributed by atoms with E-state index in [1.165, 1.54) is 0 Å². The third kappa shape index (κ3) is 2.50. The van der Waals surface area contributed by atoms with Gasteiger partial charge < -0.3 is 9.47 Å². The summed E-state index contributed by atoms with van der Waals surface area (Å²) >= 11 is 0. The molecule has 0 spiro atoms. The van der Waals surface area contributed by atoms with Crippen molar-refractivity contribution in [2.75, 3.05) is 19.8 Å². The van der Waals surface area contributed by atoms with Gasteiger partial charge in [0, 0.05) is 30.4 Å². The molecule has 2 rings (SSSR count). The van der Waals surface area contributed by atoms with E-state index in [1.807, 2.05) is 0 Å². The van der Waals surface area contributed by atoms with Crippen molar-refractivity contribution >= 4 is 30.4 Å². The fraction of sp³-hybridized carbons (Fsp3) is 1.00. The lowest BCUT2D eigenvalue weighted by Gasteiger charge is -2.63. The molecule has 2 fully saturated rings. The predicted molar refractivity (Wildman–Crippen MR) is 99.0 cm³/mol. The van der Waals surface area contributed by atoms with Crippen LogP contribution in [0.5, 0.6) is 0 Å². The number of hydrogen-bond acceptors (Lipinski definition) is 2. The molecule has 2 nitrogen and oxygen atoms in total. The zero-order chi connectivity index (χ0) is 15.4. The minimum atomic E-state index is -1.23. The van der Waals surface area contributed by atoms with E-state index in [1.54, 1.807) is 5.67 Å². The zero-order valence-electron chi connectivity index (χ0n) is 14.8. The minimum Gasteiger partial charge on any atom is -0.376 e. The second-order valence-corrected chi connectivity index (χ2v) is 42.9. The average Bonchev–Trinajstić information content (AvgIpc) is 2.26. The Morgan fingerprint density at radius 1 is 0.750 bits per heavy atom. The Hall–Kier alpha value is 0.788. The molecule has 1 unspecified atom stereocenters. The molecule has 0 aromatic heterocycles. The third-order valence-electron chi connectivity index (χ3n) is 7.14. The molecule has 0 N–H and O–H groups in total. The molecule has 2 saturated heterocycles. The van der Waals surface area contributed by atoms with Crippen LogP contribution < -0.4 is 0 Å². The molecule has 20 heavy (non-hydrogen) atoms. The smallest absolute Gasteiger partial charge is 0.0787 e. The summed E-state index contributed by atoms with van der Waals surface area (Å²) in [5.41, 5.74) is 1.66. The lowest BCUT2D eigenvalue weighted by Crippen LogP contribution is -2.79. The SMILES string of the molecule is C[Si]1(C)C[Si](C)(C)[Si](C)(C)C(C2COCCO2)[Si]1(C)C. The van der Waals surface area contributed by atoms with Crippen LogP contribution in [0.25, 0.3) is 0 Å². The van der Waals surface area contributed by atoms with Crippen LogP contribution in [0.4, 0.5) is 0 Å². The van der Waals surface area contributed by atoms with Gasteiger partial charge in [-0.3, -0.25) is 0 Å². The van der Waals surface area contributed by atoms with Gasteiger partial charge >= 0.3 is 0 Å². The first-order valence-electron chi connectivity index (χ1n) is 8.13. The molecule has 0 radical (unpaired) electrons. The summed E-state index contributed by atoms with van der Waals surface area (Å²) in [7, 11) is -4.64. The van der Waals surface area contributed by atoms with Gasteiger partial charge in [-0.1, -0.05) is 58.0 Å². The summed E-state index contributed by atoms with van der Waals surface area (Å²) in [5, 5.41) is 0.910. The largest absolute Gasteiger partial charge is 0.376 e. The topological polar surface area (TPSA) is 18.5 Å². The van der Waals surface area contributed by atoms with Crippen molar-refractivity contribution in [2.24, 2.45) is 0 Å². The molecular weight excluding hydrogens is 312 g/mol. The lowest BCUT2D eigenvalue weighted by atomic mass is 10.4. The molecule has 0 aliphatic carbocycles. The third-order valence-corrected chi connectivity index (χ3v) is 57.1. The molecule has 0 saturated carbocycles. The Labute approximate surface area is 129 Å². The highest BCUT2D eigenvalue weighted by molar-refractivity contribution is 7.59. The maximum absolute atomic E-state index is 6.26. The van der Waals surface area contributed by atoms with Gasteiger partial charge in [-0.15, -0.1) is 0 Å². The van der Waals surface area contributed by atoms with E-state index in [2.05, 4.69) is 52.4 Å². The van der Waals surface area contributed by atoms with Crippen LogP contribution in [0.15, 0.2) is 0 Å². The summed E-state index contributed by atoms with van der Waals surface area (Å²) in [6.07, 6.45) is 0.422. The number of hydrogen-bond donors (Lipinski definition) is 0. The van der Waals surface area contributed by atoms with Crippen LogP contribution in [0.2, 0.25) is 63.2 Å². The van der Waals surface area contributed by atoms with Crippen molar-refractivity contribution in [1.29, 1.82) is 0 Å². The molecule has 2 aliphatic heterocycles. The summed E-state index contributed by atoms with van der Waals surface area (Å²) in [4.78, 5) is 0. The van der Waals surface area contributed by atoms with E-state index < -0.39 is 30.4 Å². The molecule has 1 atom stereocenters. The molecule has 2 aliphatic rings. The highest BCUT2D eigenvalue weighted by Crippen LogP contribution is 2.52. The van der Waals surface area contributed by atoms with Gasteiger partial charge in [-0.25, -0.2) is 0 Å². The standard InChI is InChI=1S/C14H34O2Si4/c1-17(2)12-18(3,4)20(7,8)14(19(17,5)6)13-11-15-9-10-16-13/h13-14H,9-12H2,1-8H3. The van der Waals surface area contributed by atoms with Crippen molar-refractivity contribution in [1.82, 2.24) is 0 Å². The van der Waals surface area contributed by atoms with Gasteiger partial charge in [0.25, 0.3) is 0 Å². The van der Waals surface area contributed by atoms with Gasteiger partial charge in [-0.05, 0) is 5.16 Å². The maximum Gasteiger partial charge on any atom is 0.0787 e. The average molecular weight is 347 g/mol. The van der Waals surface area contributed by atoms with E-state index in [0.717, 1.165) is 25.0 Å². The van der Waals surface area contributed by atoms with Crippen molar-refractivity contribution in [3.63, 3.8) is 0 Å². The number of ether oxygens (including phenoxy) is 2. The molecule has 0 bridgehead atoms. The summed E-state index contributed by atoms with van der Waals surface area (Å²) < 4.78 is 12.1. The van der Waals surface area contributed by atoms with E-state index in [0.29, 0.717) is 6.10 Å². The van der Waals surface area contributed by atoms with Gasteiger partial charge in [0.2, 0.25) is 0 Å². The van der Waals surface area contributed by atoms with Crippen molar-refractivity contribution in [2.45, 2.75) is 69.3 Å². The first-order chi connectivity index (χ1) is 8.93. The molecule has 0 amide bonds. The van der Waals surface area contributed by atoms with Crippen LogP contribution >= 0.6 is 0 Å². The van der Waals surface area contributed by atoms with Crippen LogP contribution in [-0.4, -0.2) is 56.3 Å². The highest BCUT2D eigenvalue weighted by atomic mass is 29.3. The maximum atomic E-state index is 6.26. The first-order valence-corrected chi connectivity index (χ1v) is 22.7. The van der Waals surface area contributed by atoms with Crippen LogP contribution in [0, 0.1) is 0 Å².